The van der Waals surface area contributed by atoms with Crippen LogP contribution in [0.15, 0.2) is 12.1 Å². The van der Waals surface area contributed by atoms with Crippen molar-refractivity contribution >= 4 is 46.6 Å². The summed E-state index contributed by atoms with van der Waals surface area (Å²) in [7, 11) is 0. The minimum absolute atomic E-state index is 0.0701. The van der Waals surface area contributed by atoms with Gasteiger partial charge < -0.3 is 29.5 Å². The van der Waals surface area contributed by atoms with Crippen LogP contribution in [-0.4, -0.2) is 76.3 Å². The van der Waals surface area contributed by atoms with Gasteiger partial charge in [-0.25, -0.2) is 19.2 Å². The van der Waals surface area contributed by atoms with Crippen LogP contribution in [0.25, 0.3) is 0 Å². The molecule has 176 valence electrons. The molecule has 13 nitrogen and oxygen atoms in total. The number of rotatable bonds is 7. The van der Waals surface area contributed by atoms with Gasteiger partial charge in [0.2, 0.25) is 5.91 Å². The van der Waals surface area contributed by atoms with Gasteiger partial charge >= 0.3 is 12.1 Å². The summed E-state index contributed by atoms with van der Waals surface area (Å²) in [6.45, 7) is 1.73. The number of carbonyl (C=O) groups excluding carboxylic acids is 3. The average Bonchev–Trinajstić information content (AvgIpc) is 2.70. The quantitative estimate of drug-likeness (QED) is 0.131. The second-order valence-corrected chi connectivity index (χ2v) is 8.97. The molecule has 6 N–H and O–H groups in total. The molecule has 0 aliphatic carbocycles. The van der Waals surface area contributed by atoms with Crippen LogP contribution in [0.2, 0.25) is 5.02 Å². The van der Waals surface area contributed by atoms with Crippen molar-refractivity contribution in [3.63, 3.8) is 0 Å². The van der Waals surface area contributed by atoms with Crippen LogP contribution in [0.3, 0.4) is 0 Å². The topological polar surface area (TPSA) is 203 Å². The molecule has 0 radical (unpaired) electrons. The van der Waals surface area contributed by atoms with Gasteiger partial charge in [-0.2, -0.15) is 0 Å². The SMILES string of the molecule is C[C@@H]1CC(=O)N1[C@@H](C(=O)O)[C@](C)(COC(=O)NNC(=O)c1cc(O)c(O)cc1Cl)S(=O)O. The number of carbonyl (C=O) groups is 4. The predicted octanol–water partition coefficient (Wildman–Crippen LogP) is 0.177. The summed E-state index contributed by atoms with van der Waals surface area (Å²) < 4.78 is 24.4. The third-order valence-electron chi connectivity index (χ3n) is 4.80. The molecule has 1 heterocycles. The van der Waals surface area contributed by atoms with E-state index in [1.54, 1.807) is 6.92 Å². The molecule has 0 spiro atoms. The fourth-order valence-electron chi connectivity index (χ4n) is 3.03. The van der Waals surface area contributed by atoms with Gasteiger partial charge in [0.25, 0.3) is 5.91 Å². The van der Waals surface area contributed by atoms with Crippen LogP contribution in [0.5, 0.6) is 11.5 Å². The van der Waals surface area contributed by atoms with Crippen LogP contribution < -0.4 is 10.9 Å². The van der Waals surface area contributed by atoms with Crippen molar-refractivity contribution < 1.29 is 48.0 Å². The number of hydrogen-bond acceptors (Lipinski definition) is 8. The van der Waals surface area contributed by atoms with Crippen LogP contribution in [-0.2, 0) is 25.4 Å². The number of nitrogens with zero attached hydrogens (tertiary/aromatic N) is 1. The van der Waals surface area contributed by atoms with E-state index >= 15 is 0 Å². The Bertz CT molecular complexity index is 990. The summed E-state index contributed by atoms with van der Waals surface area (Å²) in [5, 5.41) is 28.1. The molecular formula is C17H20ClN3O10S. The van der Waals surface area contributed by atoms with Gasteiger partial charge in [-0.15, -0.1) is 0 Å². The summed E-state index contributed by atoms with van der Waals surface area (Å²) >= 11 is 2.94. The van der Waals surface area contributed by atoms with E-state index in [9.17, 15) is 43.3 Å². The zero-order valence-corrected chi connectivity index (χ0v) is 18.3. The number of ether oxygens (including phenoxy) is 1. The number of benzene rings is 1. The van der Waals surface area contributed by atoms with Crippen molar-refractivity contribution in [2.45, 2.75) is 37.1 Å². The molecule has 1 unspecified atom stereocenters. The highest BCUT2D eigenvalue weighted by Gasteiger charge is 2.54. The molecule has 0 saturated carbocycles. The molecule has 1 saturated heterocycles. The Morgan fingerprint density at radius 1 is 1.31 bits per heavy atom. The number of β-lactam (4-membered cyclic amide) rings is 1. The molecule has 2 rings (SSSR count). The Labute approximate surface area is 188 Å². The molecule has 3 amide bonds. The molecule has 1 fully saturated rings. The largest absolute Gasteiger partial charge is 0.504 e. The molecule has 0 aromatic heterocycles. The van der Waals surface area contributed by atoms with Crippen LogP contribution in [0, 0.1) is 0 Å². The number of phenolic OH excluding ortho intramolecular Hbond substituents is 2. The number of phenols is 2. The zero-order chi connectivity index (χ0) is 24.4. The fraction of sp³-hybridized carbons (Fsp3) is 0.412. The Morgan fingerprint density at radius 3 is 2.41 bits per heavy atom. The van der Waals surface area contributed by atoms with Crippen LogP contribution in [0.4, 0.5) is 4.79 Å². The molecule has 1 aliphatic rings. The Balaban J connectivity index is 2.06. The van der Waals surface area contributed by atoms with E-state index in [1.807, 2.05) is 10.9 Å². The Kier molecular flexibility index (Phi) is 7.54. The third kappa shape index (κ3) is 5.03. The molecule has 15 heteroatoms. The van der Waals surface area contributed by atoms with Gasteiger partial charge in [-0.1, -0.05) is 11.6 Å². The number of likely N-dealkylation sites (tertiary alicyclic amines) is 1. The number of aliphatic carboxylic acids is 1. The van der Waals surface area contributed by atoms with Crippen LogP contribution >= 0.6 is 11.6 Å². The molecule has 32 heavy (non-hydrogen) atoms. The summed E-state index contributed by atoms with van der Waals surface area (Å²) in [6.07, 6.45) is -1.25. The molecule has 1 aromatic rings. The van der Waals surface area contributed by atoms with Crippen LogP contribution in [0.1, 0.15) is 30.6 Å². The maximum absolute atomic E-state index is 12.1. The maximum Gasteiger partial charge on any atom is 0.426 e. The number of aromatic hydroxyl groups is 2. The molecule has 0 bridgehead atoms. The number of hydrogen-bond donors (Lipinski definition) is 6. The first kappa shape index (κ1) is 25.2. The van der Waals surface area contributed by atoms with E-state index in [0.717, 1.165) is 24.0 Å². The molecule has 1 aliphatic heterocycles. The van der Waals surface area contributed by atoms with E-state index in [4.69, 9.17) is 16.3 Å². The van der Waals surface area contributed by atoms with Crippen molar-refractivity contribution in [3.05, 3.63) is 22.7 Å². The van der Waals surface area contributed by atoms with Gasteiger partial charge in [0, 0.05) is 18.5 Å². The molecule has 1 aromatic carbocycles. The summed E-state index contributed by atoms with van der Waals surface area (Å²) in [6, 6.07) is -0.512. The number of carboxylic acids is 1. The standard InChI is InChI=1S/C17H20ClN3O10S/c1-7-3-12(24)21(7)13(15(26)27)17(2,32(29)30)6-31-16(28)20-19-14(25)8-4-10(22)11(23)5-9(8)18/h4-5,7,13,22-23H,3,6H2,1-2H3,(H,19,25)(H,20,28)(H,26,27)(H,29,30)/t7-,13+,17+/m1/s1. The smallest absolute Gasteiger partial charge is 0.426 e. The lowest BCUT2D eigenvalue weighted by molar-refractivity contribution is -0.163. The van der Waals surface area contributed by atoms with Gasteiger partial charge in [-0.05, 0) is 19.9 Å². The number of amides is 3. The van der Waals surface area contributed by atoms with Crippen molar-refractivity contribution in [2.24, 2.45) is 0 Å². The van der Waals surface area contributed by atoms with Crippen molar-refractivity contribution in [1.29, 1.82) is 0 Å². The van der Waals surface area contributed by atoms with E-state index in [1.165, 1.54) is 0 Å². The van der Waals surface area contributed by atoms with Gasteiger partial charge in [-0.3, -0.25) is 15.0 Å². The van der Waals surface area contributed by atoms with Gasteiger partial charge in [0.1, 0.15) is 11.4 Å². The van der Waals surface area contributed by atoms with Crippen molar-refractivity contribution in [3.8, 4) is 11.5 Å². The Morgan fingerprint density at radius 2 is 1.91 bits per heavy atom. The predicted molar refractivity (Wildman–Crippen MR) is 108 cm³/mol. The number of carboxylic acid groups (broad SMARTS) is 1. The lowest BCUT2D eigenvalue weighted by Gasteiger charge is -2.47. The number of nitrogens with one attached hydrogen (secondary N) is 2. The number of halogens is 1. The first-order valence-corrected chi connectivity index (χ1v) is 10.4. The van der Waals surface area contributed by atoms with E-state index in [-0.39, 0.29) is 17.0 Å². The summed E-state index contributed by atoms with van der Waals surface area (Å²) in [4.78, 5) is 48.6. The average molecular weight is 494 g/mol. The lowest BCUT2D eigenvalue weighted by Crippen LogP contribution is -2.68. The van der Waals surface area contributed by atoms with Crippen molar-refractivity contribution in [2.75, 3.05) is 6.61 Å². The lowest BCUT2D eigenvalue weighted by atomic mass is 9.92. The number of hydrazine groups is 1. The summed E-state index contributed by atoms with van der Waals surface area (Å²) in [5.74, 6) is -4.31. The second-order valence-electron chi connectivity index (χ2n) is 7.13. The normalized spacial score (nSPS) is 19.2. The van der Waals surface area contributed by atoms with Crippen molar-refractivity contribution in [1.82, 2.24) is 15.8 Å². The zero-order valence-electron chi connectivity index (χ0n) is 16.7. The fourth-order valence-corrected chi connectivity index (χ4v) is 3.84. The highest BCUT2D eigenvalue weighted by atomic mass is 35.5. The van der Waals surface area contributed by atoms with E-state index in [0.29, 0.717) is 0 Å². The monoisotopic (exact) mass is 493 g/mol. The highest BCUT2D eigenvalue weighted by Crippen LogP contribution is 2.32. The van der Waals surface area contributed by atoms with E-state index < -0.39 is 69.9 Å². The third-order valence-corrected chi connectivity index (χ3v) is 6.25. The van der Waals surface area contributed by atoms with Gasteiger partial charge in [0.15, 0.2) is 28.6 Å². The first-order valence-electron chi connectivity index (χ1n) is 8.89. The second kappa shape index (κ2) is 9.58. The Hall–Kier alpha value is -3.10. The van der Waals surface area contributed by atoms with E-state index in [2.05, 4.69) is 0 Å². The minimum Gasteiger partial charge on any atom is -0.504 e. The highest BCUT2D eigenvalue weighted by molar-refractivity contribution is 7.80. The maximum atomic E-state index is 12.1. The minimum atomic E-state index is -2.84. The summed E-state index contributed by atoms with van der Waals surface area (Å²) in [5.41, 5.74) is 3.42. The molecule has 4 atom stereocenters. The van der Waals surface area contributed by atoms with Gasteiger partial charge in [0.05, 0.1) is 10.6 Å². The molecular weight excluding hydrogens is 474 g/mol. The first-order chi connectivity index (χ1) is 14.8.